The zero-order valence-corrected chi connectivity index (χ0v) is 21.0. The van der Waals surface area contributed by atoms with Crippen LogP contribution < -0.4 is 5.32 Å². The Balaban J connectivity index is 1.38. The normalized spacial score (nSPS) is 14.7. The van der Waals surface area contributed by atoms with Crippen LogP contribution in [-0.4, -0.2) is 33.1 Å². The van der Waals surface area contributed by atoms with Gasteiger partial charge in [-0.2, -0.15) is 0 Å². The van der Waals surface area contributed by atoms with E-state index in [0.29, 0.717) is 17.3 Å². The van der Waals surface area contributed by atoms with Gasteiger partial charge in [0.25, 0.3) is 11.1 Å². The van der Waals surface area contributed by atoms with Crippen LogP contribution in [0.1, 0.15) is 16.7 Å². The number of hydrogen-bond acceptors (Lipinski definition) is 4. The Morgan fingerprint density at radius 2 is 1.81 bits per heavy atom. The van der Waals surface area contributed by atoms with E-state index in [-0.39, 0.29) is 11.4 Å². The summed E-state index contributed by atoms with van der Waals surface area (Å²) >= 11 is 6.92. The molecule has 0 bridgehead atoms. The largest absolute Gasteiger partial charge is 0.342 e. The first-order valence-electron chi connectivity index (χ1n) is 11.3. The highest BCUT2D eigenvalue weighted by Crippen LogP contribution is 2.34. The van der Waals surface area contributed by atoms with Crippen molar-refractivity contribution in [2.75, 3.05) is 11.9 Å². The number of benzene rings is 3. The zero-order chi connectivity index (χ0) is 25.2. The minimum atomic E-state index is -0.499. The zero-order valence-electron chi connectivity index (χ0n) is 19.4. The van der Waals surface area contributed by atoms with Crippen LogP contribution in [0.3, 0.4) is 0 Å². The van der Waals surface area contributed by atoms with Crippen LogP contribution in [0, 0.1) is 6.92 Å². The number of thioether (sulfide) groups is 1. The van der Waals surface area contributed by atoms with E-state index in [9.17, 15) is 14.4 Å². The lowest BCUT2D eigenvalue weighted by Gasteiger charge is -2.13. The van der Waals surface area contributed by atoms with Crippen molar-refractivity contribution in [3.05, 3.63) is 106 Å². The summed E-state index contributed by atoms with van der Waals surface area (Å²) in [6, 6.07) is 23.1. The molecule has 0 aliphatic carbocycles. The average molecular weight is 516 g/mol. The molecule has 1 aliphatic heterocycles. The van der Waals surface area contributed by atoms with Gasteiger partial charge in [-0.3, -0.25) is 19.3 Å². The third-order valence-electron chi connectivity index (χ3n) is 5.86. The Labute approximate surface area is 217 Å². The molecule has 1 fully saturated rings. The third-order valence-corrected chi connectivity index (χ3v) is 7.10. The van der Waals surface area contributed by atoms with E-state index in [0.717, 1.165) is 33.1 Å². The van der Waals surface area contributed by atoms with E-state index in [1.807, 2.05) is 36.5 Å². The highest BCUT2D eigenvalue weighted by Gasteiger charge is 2.36. The number of nitrogens with zero attached hydrogens (tertiary/aromatic N) is 2. The lowest BCUT2D eigenvalue weighted by atomic mass is 10.1. The Hall–Kier alpha value is -3.81. The summed E-state index contributed by atoms with van der Waals surface area (Å²) < 4.78 is 2.14. The Morgan fingerprint density at radius 1 is 1.03 bits per heavy atom. The first-order valence-corrected chi connectivity index (χ1v) is 12.5. The van der Waals surface area contributed by atoms with Crippen LogP contribution in [0.5, 0.6) is 0 Å². The number of imide groups is 1. The van der Waals surface area contributed by atoms with Crippen molar-refractivity contribution in [3.8, 4) is 0 Å². The number of nitrogens with one attached hydrogen (secondary N) is 1. The fraction of sp³-hybridized carbons (Fsp3) is 0.107. The van der Waals surface area contributed by atoms with Crippen LogP contribution >= 0.6 is 23.4 Å². The van der Waals surface area contributed by atoms with Crippen LogP contribution in [0.15, 0.2) is 83.9 Å². The van der Waals surface area contributed by atoms with Gasteiger partial charge in [0.05, 0.1) is 15.6 Å². The SMILES string of the molecule is Cc1cccc(Cn2cc(/C=C3/SC(=O)N(CC(=O)Nc4ccccc4Cl)C3=O)c3ccccc32)c1. The second-order valence-corrected chi connectivity index (χ2v) is 9.91. The molecule has 3 amide bonds. The molecule has 3 aromatic carbocycles. The van der Waals surface area contributed by atoms with E-state index in [1.54, 1.807) is 30.3 Å². The molecule has 180 valence electrons. The maximum absolute atomic E-state index is 13.0. The first kappa shape index (κ1) is 23.9. The molecule has 5 rings (SSSR count). The lowest BCUT2D eigenvalue weighted by Crippen LogP contribution is -2.36. The minimum Gasteiger partial charge on any atom is -0.342 e. The number of halogens is 1. The number of aromatic nitrogens is 1. The van der Waals surface area contributed by atoms with Gasteiger partial charge >= 0.3 is 0 Å². The van der Waals surface area contributed by atoms with Crippen LogP contribution in [0.25, 0.3) is 17.0 Å². The molecule has 8 heteroatoms. The summed E-state index contributed by atoms with van der Waals surface area (Å²) in [4.78, 5) is 39.4. The number of carbonyl (C=O) groups is 3. The van der Waals surface area contributed by atoms with E-state index < -0.39 is 17.1 Å². The van der Waals surface area contributed by atoms with Gasteiger partial charge < -0.3 is 9.88 Å². The molecule has 0 saturated carbocycles. The quantitative estimate of drug-likeness (QED) is 0.305. The number of rotatable bonds is 6. The van der Waals surface area contributed by atoms with Crippen molar-refractivity contribution >= 4 is 63.1 Å². The summed E-state index contributed by atoms with van der Waals surface area (Å²) in [5.74, 6) is -0.990. The van der Waals surface area contributed by atoms with Crippen molar-refractivity contribution in [3.63, 3.8) is 0 Å². The van der Waals surface area contributed by atoms with Gasteiger partial charge in [0, 0.05) is 29.2 Å². The second-order valence-electron chi connectivity index (χ2n) is 8.51. The van der Waals surface area contributed by atoms with E-state index in [1.165, 1.54) is 11.1 Å². The van der Waals surface area contributed by atoms with Crippen molar-refractivity contribution < 1.29 is 14.4 Å². The standard InChI is InChI=1S/C28H22ClN3O3S/c1-18-7-6-8-19(13-18)15-31-16-20(21-9-2-5-12-24(21)31)14-25-27(34)32(28(35)36-25)17-26(33)30-23-11-4-3-10-22(23)29/h2-14,16H,15,17H2,1H3,(H,30,33)/b25-14+. The molecule has 1 N–H and O–H groups in total. The Morgan fingerprint density at radius 3 is 2.61 bits per heavy atom. The van der Waals surface area contributed by atoms with Gasteiger partial charge in [0.15, 0.2) is 0 Å². The second kappa shape index (κ2) is 10.0. The number of aryl methyl sites for hydroxylation is 1. The van der Waals surface area contributed by atoms with E-state index >= 15 is 0 Å². The predicted molar refractivity (Wildman–Crippen MR) is 145 cm³/mol. The molecule has 0 spiro atoms. The first-order chi connectivity index (χ1) is 17.4. The van der Waals surface area contributed by atoms with E-state index in [4.69, 9.17) is 11.6 Å². The molecule has 1 aromatic heterocycles. The van der Waals surface area contributed by atoms with Crippen molar-refractivity contribution in [2.24, 2.45) is 0 Å². The highest BCUT2D eigenvalue weighted by molar-refractivity contribution is 8.18. The number of anilines is 1. The number of amides is 3. The number of carbonyl (C=O) groups excluding carboxylic acids is 3. The average Bonchev–Trinajstić information content (AvgIpc) is 3.32. The molecule has 6 nitrogen and oxygen atoms in total. The maximum Gasteiger partial charge on any atom is 0.294 e. The van der Waals surface area contributed by atoms with Gasteiger partial charge in [-0.15, -0.1) is 0 Å². The molecule has 2 heterocycles. The van der Waals surface area contributed by atoms with E-state index in [2.05, 4.69) is 35.0 Å². The molecule has 0 atom stereocenters. The predicted octanol–water partition coefficient (Wildman–Crippen LogP) is 6.33. The highest BCUT2D eigenvalue weighted by atomic mass is 35.5. The van der Waals surface area contributed by atoms with Gasteiger partial charge in [0.2, 0.25) is 5.91 Å². The van der Waals surface area contributed by atoms with Gasteiger partial charge in [-0.1, -0.05) is 71.8 Å². The molecular weight excluding hydrogens is 494 g/mol. The van der Waals surface area contributed by atoms with Crippen molar-refractivity contribution in [1.29, 1.82) is 0 Å². The number of hydrogen-bond donors (Lipinski definition) is 1. The Kier molecular flexibility index (Phi) is 6.67. The molecule has 0 radical (unpaired) electrons. The van der Waals surface area contributed by atoms with Gasteiger partial charge in [-0.25, -0.2) is 0 Å². The summed E-state index contributed by atoms with van der Waals surface area (Å²) in [6.45, 7) is 2.36. The van der Waals surface area contributed by atoms with Crippen LogP contribution in [0.4, 0.5) is 10.5 Å². The maximum atomic E-state index is 13.0. The fourth-order valence-electron chi connectivity index (χ4n) is 4.20. The monoisotopic (exact) mass is 515 g/mol. The molecule has 1 aliphatic rings. The Bertz CT molecular complexity index is 1540. The number of para-hydroxylation sites is 2. The molecule has 1 saturated heterocycles. The summed E-state index contributed by atoms with van der Waals surface area (Å²) in [5.41, 5.74) is 4.66. The molecule has 0 unspecified atom stereocenters. The summed E-state index contributed by atoms with van der Waals surface area (Å²) in [5, 5.41) is 3.52. The fourth-order valence-corrected chi connectivity index (χ4v) is 5.21. The van der Waals surface area contributed by atoms with Crippen molar-refractivity contribution in [2.45, 2.75) is 13.5 Å². The molecule has 36 heavy (non-hydrogen) atoms. The van der Waals surface area contributed by atoms with Crippen molar-refractivity contribution in [1.82, 2.24) is 9.47 Å². The summed E-state index contributed by atoms with van der Waals surface area (Å²) in [7, 11) is 0. The minimum absolute atomic E-state index is 0.281. The van der Waals surface area contributed by atoms with Gasteiger partial charge in [-0.05, 0) is 48.5 Å². The van der Waals surface area contributed by atoms with Crippen LogP contribution in [0.2, 0.25) is 5.02 Å². The summed E-state index contributed by atoms with van der Waals surface area (Å²) in [6.07, 6.45) is 3.72. The van der Waals surface area contributed by atoms with Gasteiger partial charge in [0.1, 0.15) is 6.54 Å². The molecular formula is C28H22ClN3O3S. The smallest absolute Gasteiger partial charge is 0.294 e. The molecule has 4 aromatic rings. The third kappa shape index (κ3) is 4.94. The topological polar surface area (TPSA) is 71.4 Å². The number of fused-ring (bicyclic) bond motifs is 1. The lowest BCUT2D eigenvalue weighted by molar-refractivity contribution is -0.127. The van der Waals surface area contributed by atoms with Crippen LogP contribution in [-0.2, 0) is 16.1 Å².